The van der Waals surface area contributed by atoms with Crippen molar-refractivity contribution in [3.63, 3.8) is 0 Å². The van der Waals surface area contributed by atoms with Crippen molar-refractivity contribution in [2.24, 2.45) is 0 Å². The normalized spacial score (nSPS) is 7.15. The van der Waals surface area contributed by atoms with Gasteiger partial charge in [0.2, 0.25) is 0 Å². The Kier molecular flexibility index (Phi) is 343. The molecule has 9 aromatic heterocycles. The van der Waals surface area contributed by atoms with E-state index in [2.05, 4.69) is 122 Å². The Balaban J connectivity index is -0.0000000408. The van der Waals surface area contributed by atoms with Crippen molar-refractivity contribution in [1.82, 2.24) is 58.5 Å². The Morgan fingerprint density at radius 1 is 0.229 bits per heavy atom. The van der Waals surface area contributed by atoms with E-state index in [4.69, 9.17) is 30.9 Å². The van der Waals surface area contributed by atoms with Crippen molar-refractivity contribution in [3.05, 3.63) is 307 Å². The van der Waals surface area contributed by atoms with Gasteiger partial charge >= 0.3 is 0 Å². The quantitative estimate of drug-likeness (QED) is 0.106. The summed E-state index contributed by atoms with van der Waals surface area (Å²) in [5.74, 6) is 0. The fourth-order valence-corrected chi connectivity index (χ4v) is 9.50. The van der Waals surface area contributed by atoms with Gasteiger partial charge in [0.05, 0.1) is 11.7 Å². The second-order valence-electron chi connectivity index (χ2n) is 15.3. The minimum Gasteiger partial charge on any atom is -0.344 e. The van der Waals surface area contributed by atoms with E-state index in [1.807, 2.05) is 540 Å². The van der Waals surface area contributed by atoms with Crippen molar-refractivity contribution in [3.8, 4) is 9.75 Å². The molecule has 1 N–H and O–H groups in total. The molecule has 4 radical (unpaired) electrons. The number of nitrogens with one attached hydrogen (secondary N) is 1. The number of aromatic nitrogens is 12. The van der Waals surface area contributed by atoms with Crippen molar-refractivity contribution in [2.45, 2.75) is 402 Å². The molecular weight excluding hydrogens is 2170 g/mol. The molecule has 14 nitrogen and oxygen atoms in total. The number of H-pyrrole nitrogens is 1. The van der Waals surface area contributed by atoms with E-state index >= 15 is 0 Å². The van der Waals surface area contributed by atoms with E-state index in [9.17, 15) is 0 Å². The first-order chi connectivity index (χ1) is 69.6. The maximum absolute atomic E-state index is 5.28. The van der Waals surface area contributed by atoms with Gasteiger partial charge in [-0.3, -0.25) is 33.9 Å². The van der Waals surface area contributed by atoms with Crippen LogP contribution >= 0.6 is 57.5 Å². The predicted octanol–water partition coefficient (Wildman–Crippen LogP) is 45.6. The van der Waals surface area contributed by atoms with Crippen LogP contribution in [0.25, 0.3) is 64.9 Å². The van der Waals surface area contributed by atoms with Crippen LogP contribution in [0.4, 0.5) is 0 Å². The number of fused-ring (bicyclic) bond motifs is 5. The maximum Gasteiger partial charge on any atom is 0.135 e. The third-order valence-electron chi connectivity index (χ3n) is 9.99. The number of hydrogen-bond donors (Lipinski definition) is 1. The van der Waals surface area contributed by atoms with Gasteiger partial charge in [-0.05, 0) is 104 Å². The number of nitrogens with zero attached hydrogens (tertiary/aromatic N) is 11. The molecule has 0 spiro atoms. The van der Waals surface area contributed by atoms with Crippen LogP contribution in [0.5, 0.6) is 0 Å². The fourth-order valence-electron chi connectivity index (χ4n) is 6.37. The van der Waals surface area contributed by atoms with Crippen LogP contribution in [0.3, 0.4) is 0 Å². The van der Waals surface area contributed by atoms with Crippen LogP contribution in [-0.2, 0) is 131 Å². The number of pyridine rings is 1. The number of hydrogen-bond acceptors (Lipinski definition) is 18. The molecule has 144 heavy (non-hydrogen) atoms. The first-order valence-corrected chi connectivity index (χ1v) is 57.3. The summed E-state index contributed by atoms with van der Waals surface area (Å²) >= 11 is 7.71. The summed E-state index contributed by atoms with van der Waals surface area (Å²) < 4.78 is 25.8. The van der Waals surface area contributed by atoms with Crippen molar-refractivity contribution in [1.29, 1.82) is 0 Å². The minimum atomic E-state index is 0. The zero-order chi connectivity index (χ0) is 115. The second kappa shape index (κ2) is 235. The van der Waals surface area contributed by atoms with E-state index in [1.54, 1.807) is 70.7 Å². The molecule has 23 heteroatoms. The zero-order valence-electron chi connectivity index (χ0n) is 103. The largest absolute Gasteiger partial charge is 0.344 e. The molecule has 0 aliphatic rings. The molecule has 0 amide bonds. The van der Waals surface area contributed by atoms with Crippen LogP contribution in [0, 0.1) is 50.6 Å². The SMILES string of the molecule is CC.CC.CC.CC.CC.CC.CC.CC.CC.CC.CC.CC.CC.CC.CC.CC.CC.CC.CC.CC.CC.CC.CC.CC.CC.CC.CC.CC.CC.[CH-]=CC=[C-]c1ccc([C-]=CC=[CH-])c2nonc12.[CH-]=CC=[C-]c1ccc([C-]=CC=[CH-])c2nsnc12.[Y].[Y].[Y].[Y].c1ccc2n[nH]nc2c1.c1ccc2nonc2c1.c1ccc2nsnc2c1.c1ccncc1.c1ccsc1.c1csc(-c2cccs2)c1. The summed E-state index contributed by atoms with van der Waals surface area (Å²) in [4.78, 5) is 6.53. The molecule has 0 fully saturated rings. The minimum absolute atomic E-state index is 0. The third kappa shape index (κ3) is 135. The molecule has 0 aliphatic carbocycles. The summed E-state index contributed by atoms with van der Waals surface area (Å²) in [7, 11) is 0. The van der Waals surface area contributed by atoms with Gasteiger partial charge in [-0.25, -0.2) is 37.7 Å². The van der Waals surface area contributed by atoms with E-state index in [-0.39, 0.29) is 131 Å². The van der Waals surface area contributed by atoms with Gasteiger partial charge in [-0.2, -0.15) is 82.0 Å². The molecule has 0 saturated heterocycles. The van der Waals surface area contributed by atoms with Crippen LogP contribution in [0.1, 0.15) is 424 Å². The van der Waals surface area contributed by atoms with Crippen molar-refractivity contribution in [2.75, 3.05) is 0 Å². The second-order valence-corrected chi connectivity index (χ2v) is 19.1. The molecule has 14 aromatic rings. The van der Waals surface area contributed by atoms with E-state index < -0.39 is 0 Å². The van der Waals surface area contributed by atoms with E-state index in [1.165, 1.54) is 45.8 Å². The molecule has 824 valence electrons. The number of para-hydroxylation sites is 2. The van der Waals surface area contributed by atoms with Gasteiger partial charge in [0.25, 0.3) is 0 Å². The summed E-state index contributed by atoms with van der Waals surface area (Å²) in [5, 5.41) is 33.5. The van der Waals surface area contributed by atoms with Gasteiger partial charge < -0.3 is 50.6 Å². The van der Waals surface area contributed by atoms with Gasteiger partial charge in [0.15, 0.2) is 0 Å². The van der Waals surface area contributed by atoms with Crippen LogP contribution in [-0.4, -0.2) is 58.5 Å². The predicted molar refractivity (Wildman–Crippen MR) is 661 cm³/mol. The molecule has 0 atom stereocenters. The first kappa shape index (κ1) is 211. The first-order valence-electron chi connectivity index (χ1n) is 53.1. The van der Waals surface area contributed by atoms with Crippen LogP contribution in [0.2, 0.25) is 0 Å². The monoisotopic (exact) mass is 2390 g/mol. The number of benzene rings is 5. The molecule has 0 saturated carbocycles. The number of thiophene rings is 3. The molecular formula is C121H218N12O2S5Y4-8. The van der Waals surface area contributed by atoms with Gasteiger partial charge in [0, 0.05) is 176 Å². The Hall–Kier alpha value is -5.47. The Bertz CT molecular complexity index is 3680. The molecule has 9 heterocycles. The topological polar surface area (TPSA) is 184 Å². The summed E-state index contributed by atoms with van der Waals surface area (Å²) in [6.45, 7) is 137. The molecule has 0 aliphatic heterocycles. The Morgan fingerprint density at radius 3 is 0.653 bits per heavy atom. The average molecular weight is 2390 g/mol. The van der Waals surface area contributed by atoms with E-state index in [0.717, 1.165) is 78.1 Å². The van der Waals surface area contributed by atoms with Crippen LogP contribution in [0.15, 0.2) is 243 Å². The molecule has 0 bridgehead atoms. The summed E-state index contributed by atoms with van der Waals surface area (Å²) in [5.41, 5.74) is 11.4. The van der Waals surface area contributed by atoms with Crippen LogP contribution < -0.4 is 0 Å². The third-order valence-corrected chi connectivity index (χ3v) is 13.6. The smallest absolute Gasteiger partial charge is 0.135 e. The molecule has 0 unspecified atom stereocenters. The van der Waals surface area contributed by atoms with E-state index in [0.29, 0.717) is 11.0 Å². The number of allylic oxidation sites excluding steroid dienone is 8. The Labute approximate surface area is 1020 Å². The summed E-state index contributed by atoms with van der Waals surface area (Å²) in [6, 6.07) is 48.7. The van der Waals surface area contributed by atoms with Gasteiger partial charge in [-0.1, -0.05) is 468 Å². The molecule has 5 aromatic carbocycles. The standard InChI is InChI=1S/C14H8N2O.C14H8N2S.C8H6S2.C6H5N3.C6H4N2O.C6H4N2S.C5H5N.C4H4S.29C2H6.4Y/c2*1-3-5-7-11-9-10-12(8-6-4-2)14-13(11)15-17-16-14;1-3-7(9-5-1)8-4-2-6-10-8;3*1-2-4-6-5(3-1)7-9-8-6;1-2-4-6-5-3-1;1-2-4-5-3-1;29*1-2;;;;/h2*1-6,9-10H;1-6H;1-4H,(H,7,8,9);2*1-4H;1-5H;1-4H;29*1-2H3;;;;/q2*-4;;;;;;;;;;;;;;;;;;;;;;;;;;;;;;;;;;;;;;;. The maximum atomic E-state index is 5.28. The number of aromatic amines is 1. The summed E-state index contributed by atoms with van der Waals surface area (Å²) in [6.07, 6.45) is 27.6. The van der Waals surface area contributed by atoms with Gasteiger partial charge in [0.1, 0.15) is 33.1 Å². The molecule has 14 rings (SSSR count). The Morgan fingerprint density at radius 2 is 0.451 bits per heavy atom. The average Bonchev–Trinajstić information content (AvgIpc) is 1.66. The zero-order valence-corrected chi connectivity index (χ0v) is 119. The van der Waals surface area contributed by atoms with Crippen molar-refractivity contribution < 1.29 is 140 Å². The fraction of sp³-hybridized carbons (Fsp3) is 0.479. The van der Waals surface area contributed by atoms with Gasteiger partial charge in [-0.15, -0.1) is 33.0 Å². The van der Waals surface area contributed by atoms with Crippen molar-refractivity contribution >= 4 is 113 Å². The number of rotatable bonds is 9.